The van der Waals surface area contributed by atoms with Crippen LogP contribution in [0.1, 0.15) is 5.56 Å². The average molecular weight is 417 g/mol. The predicted molar refractivity (Wildman–Crippen MR) is 121 cm³/mol. The molecule has 1 aromatic heterocycles. The third-order valence-electron chi connectivity index (χ3n) is 4.87. The lowest BCUT2D eigenvalue weighted by Gasteiger charge is -2.29. The maximum absolute atomic E-state index is 13.3. The fourth-order valence-electron chi connectivity index (χ4n) is 3.53. The van der Waals surface area contributed by atoms with Gasteiger partial charge < -0.3 is 9.30 Å². The summed E-state index contributed by atoms with van der Waals surface area (Å²) < 4.78 is 7.38. The average Bonchev–Trinajstić information content (AvgIpc) is 3.09. The van der Waals surface area contributed by atoms with E-state index in [0.29, 0.717) is 18.0 Å². The Labute approximate surface area is 179 Å². The molecule has 2 amide bonds. The summed E-state index contributed by atoms with van der Waals surface area (Å²) in [6, 6.07) is 14.8. The molecule has 2 aromatic carbocycles. The molecule has 4 rings (SSSR count). The molecule has 7 heteroatoms. The normalized spacial score (nSPS) is 15.6. The predicted octanol–water partition coefficient (Wildman–Crippen LogP) is 3.67. The van der Waals surface area contributed by atoms with Crippen molar-refractivity contribution < 1.29 is 14.3 Å². The Hall–Kier alpha value is -3.71. The summed E-state index contributed by atoms with van der Waals surface area (Å²) in [6.07, 6.45) is 5.30. The molecule has 0 bridgehead atoms. The molecular formula is C23H19N3O3S. The Bertz CT molecular complexity index is 1230. The molecule has 1 saturated heterocycles. The van der Waals surface area contributed by atoms with Crippen molar-refractivity contribution in [1.82, 2.24) is 9.88 Å². The number of hydrogen-bond acceptors (Lipinski definition) is 4. The number of methoxy groups -OCH3 is 1. The van der Waals surface area contributed by atoms with Crippen LogP contribution < -0.4 is 15.0 Å². The molecule has 150 valence electrons. The fourth-order valence-corrected chi connectivity index (χ4v) is 3.80. The smallest absolute Gasteiger partial charge is 0.270 e. The van der Waals surface area contributed by atoms with Crippen LogP contribution in [-0.2, 0) is 16.1 Å². The van der Waals surface area contributed by atoms with Gasteiger partial charge in [0.2, 0.25) is 0 Å². The van der Waals surface area contributed by atoms with E-state index in [1.165, 1.54) is 12.0 Å². The quantitative estimate of drug-likeness (QED) is 0.298. The topological polar surface area (TPSA) is 63.6 Å². The van der Waals surface area contributed by atoms with Gasteiger partial charge in [-0.25, -0.2) is 4.90 Å². The van der Waals surface area contributed by atoms with Gasteiger partial charge in [-0.15, -0.1) is 6.58 Å². The number of carbonyl (C=O) groups excluding carboxylic acids is 2. The Morgan fingerprint density at radius 2 is 1.87 bits per heavy atom. The van der Waals surface area contributed by atoms with Crippen LogP contribution in [0.2, 0.25) is 0 Å². The van der Waals surface area contributed by atoms with Crippen LogP contribution in [0.5, 0.6) is 5.75 Å². The van der Waals surface area contributed by atoms with Crippen molar-refractivity contribution in [2.75, 3.05) is 12.0 Å². The van der Waals surface area contributed by atoms with Crippen molar-refractivity contribution >= 4 is 51.8 Å². The highest BCUT2D eigenvalue weighted by atomic mass is 32.1. The van der Waals surface area contributed by atoms with Crippen molar-refractivity contribution in [2.24, 2.45) is 0 Å². The van der Waals surface area contributed by atoms with Crippen LogP contribution in [0.25, 0.3) is 17.0 Å². The Kier molecular flexibility index (Phi) is 5.20. The molecule has 1 aliphatic rings. The Morgan fingerprint density at radius 3 is 2.63 bits per heavy atom. The van der Waals surface area contributed by atoms with E-state index in [0.717, 1.165) is 16.5 Å². The zero-order chi connectivity index (χ0) is 21.3. The number of amides is 2. The summed E-state index contributed by atoms with van der Waals surface area (Å²) >= 11 is 5.28. The van der Waals surface area contributed by atoms with Crippen molar-refractivity contribution in [1.29, 1.82) is 0 Å². The standard InChI is InChI=1S/C23H19N3O3S/c1-3-12-25-14-15(16-8-4-5-9-18(16)25)13-17-21(27)24-23(30)26(22(17)28)19-10-6-7-11-20(19)29-2/h3-11,13-14H,1,12H2,2H3,(H,24,27,30)/b17-13+. The molecule has 1 fully saturated rings. The lowest BCUT2D eigenvalue weighted by Crippen LogP contribution is -2.54. The highest BCUT2D eigenvalue weighted by Crippen LogP contribution is 2.31. The summed E-state index contributed by atoms with van der Waals surface area (Å²) in [6.45, 7) is 4.41. The number of allylic oxidation sites excluding steroid dienone is 1. The number of hydrogen-bond donors (Lipinski definition) is 1. The molecule has 1 aliphatic heterocycles. The van der Waals surface area contributed by atoms with E-state index in [-0.39, 0.29) is 10.7 Å². The number of anilines is 1. The summed E-state index contributed by atoms with van der Waals surface area (Å²) in [4.78, 5) is 27.3. The monoisotopic (exact) mass is 417 g/mol. The van der Waals surface area contributed by atoms with Gasteiger partial charge in [0, 0.05) is 29.2 Å². The highest BCUT2D eigenvalue weighted by molar-refractivity contribution is 7.80. The zero-order valence-corrected chi connectivity index (χ0v) is 17.1. The molecule has 3 aromatic rings. The van der Waals surface area contributed by atoms with Crippen LogP contribution in [-0.4, -0.2) is 28.6 Å². The third kappa shape index (κ3) is 3.29. The van der Waals surface area contributed by atoms with Crippen LogP contribution in [0.4, 0.5) is 5.69 Å². The van der Waals surface area contributed by atoms with Gasteiger partial charge in [-0.1, -0.05) is 36.4 Å². The highest BCUT2D eigenvalue weighted by Gasteiger charge is 2.36. The SMILES string of the molecule is C=CCn1cc(/C=C2\C(=O)NC(=S)N(c3ccccc3OC)C2=O)c2ccccc21. The molecular weight excluding hydrogens is 398 g/mol. The summed E-state index contributed by atoms with van der Waals surface area (Å²) in [5, 5.41) is 3.56. The van der Waals surface area contributed by atoms with E-state index in [1.807, 2.05) is 35.0 Å². The van der Waals surface area contributed by atoms with Gasteiger partial charge in [-0.3, -0.25) is 14.9 Å². The number of carbonyl (C=O) groups is 2. The first kappa shape index (κ1) is 19.6. The van der Waals surface area contributed by atoms with Crippen LogP contribution in [0.3, 0.4) is 0 Å². The van der Waals surface area contributed by atoms with Gasteiger partial charge in [0.25, 0.3) is 11.8 Å². The van der Waals surface area contributed by atoms with Crippen LogP contribution >= 0.6 is 12.2 Å². The largest absolute Gasteiger partial charge is 0.495 e. The van der Waals surface area contributed by atoms with E-state index in [9.17, 15) is 9.59 Å². The summed E-state index contributed by atoms with van der Waals surface area (Å²) in [5.74, 6) is -0.559. The number of para-hydroxylation sites is 3. The number of aromatic nitrogens is 1. The number of benzene rings is 2. The molecule has 0 unspecified atom stereocenters. The molecule has 30 heavy (non-hydrogen) atoms. The molecule has 1 N–H and O–H groups in total. The summed E-state index contributed by atoms with van der Waals surface area (Å²) in [5.41, 5.74) is 2.22. The van der Waals surface area contributed by atoms with Gasteiger partial charge >= 0.3 is 0 Å². The minimum atomic E-state index is -0.531. The van der Waals surface area contributed by atoms with Crippen molar-refractivity contribution in [3.05, 3.63) is 78.5 Å². The Morgan fingerprint density at radius 1 is 1.13 bits per heavy atom. The second-order valence-corrected chi connectivity index (χ2v) is 7.06. The lowest BCUT2D eigenvalue weighted by molar-refractivity contribution is -0.122. The number of ether oxygens (including phenoxy) is 1. The number of nitrogens with zero attached hydrogens (tertiary/aromatic N) is 2. The molecule has 0 saturated carbocycles. The minimum absolute atomic E-state index is 0.00369. The van der Waals surface area contributed by atoms with Crippen LogP contribution in [0.15, 0.2) is 73.0 Å². The number of fused-ring (bicyclic) bond motifs is 1. The third-order valence-corrected chi connectivity index (χ3v) is 5.16. The molecule has 6 nitrogen and oxygen atoms in total. The van der Waals surface area contributed by atoms with Crippen molar-refractivity contribution in [2.45, 2.75) is 6.54 Å². The first-order chi connectivity index (χ1) is 14.5. The van der Waals surface area contributed by atoms with Crippen molar-refractivity contribution in [3.8, 4) is 5.75 Å². The number of rotatable bonds is 5. The number of thiocarbonyl (C=S) groups is 1. The van der Waals surface area contributed by atoms with Gasteiger partial charge in [-0.2, -0.15) is 0 Å². The van der Waals surface area contributed by atoms with Gasteiger partial charge in [-0.05, 0) is 36.5 Å². The first-order valence-electron chi connectivity index (χ1n) is 9.28. The second kappa shape index (κ2) is 7.96. The fraction of sp³-hybridized carbons (Fsp3) is 0.0870. The summed E-state index contributed by atoms with van der Waals surface area (Å²) in [7, 11) is 1.51. The molecule has 0 radical (unpaired) electrons. The Balaban J connectivity index is 1.83. The molecule has 2 heterocycles. The van der Waals surface area contributed by atoms with E-state index in [4.69, 9.17) is 17.0 Å². The van der Waals surface area contributed by atoms with E-state index >= 15 is 0 Å². The van der Waals surface area contributed by atoms with E-state index < -0.39 is 11.8 Å². The lowest BCUT2D eigenvalue weighted by atomic mass is 10.1. The maximum atomic E-state index is 13.3. The van der Waals surface area contributed by atoms with Gasteiger partial charge in [0.1, 0.15) is 11.3 Å². The maximum Gasteiger partial charge on any atom is 0.270 e. The molecule has 0 aliphatic carbocycles. The van der Waals surface area contributed by atoms with Gasteiger partial charge in [0.05, 0.1) is 12.8 Å². The van der Waals surface area contributed by atoms with E-state index in [2.05, 4.69) is 11.9 Å². The molecule has 0 atom stereocenters. The van der Waals surface area contributed by atoms with Crippen molar-refractivity contribution in [3.63, 3.8) is 0 Å². The second-order valence-electron chi connectivity index (χ2n) is 6.67. The minimum Gasteiger partial charge on any atom is -0.495 e. The van der Waals surface area contributed by atoms with E-state index in [1.54, 1.807) is 36.4 Å². The molecule has 0 spiro atoms. The first-order valence-corrected chi connectivity index (χ1v) is 9.69. The number of nitrogens with one attached hydrogen (secondary N) is 1. The van der Waals surface area contributed by atoms with Crippen LogP contribution in [0, 0.1) is 0 Å². The zero-order valence-electron chi connectivity index (χ0n) is 16.3. The van der Waals surface area contributed by atoms with Gasteiger partial charge in [0.15, 0.2) is 5.11 Å².